The zero-order valence-electron chi connectivity index (χ0n) is 16.3. The van der Waals surface area contributed by atoms with Crippen LogP contribution in [0.5, 0.6) is 5.75 Å². The molecule has 2 atom stereocenters. The van der Waals surface area contributed by atoms with E-state index in [1.165, 1.54) is 26.4 Å². The number of amides is 2. The van der Waals surface area contributed by atoms with Crippen LogP contribution in [0.15, 0.2) is 24.3 Å². The summed E-state index contributed by atoms with van der Waals surface area (Å²) >= 11 is 0. The van der Waals surface area contributed by atoms with Crippen LogP contribution in [0, 0.1) is 5.92 Å². The molecule has 1 N–H and O–H groups in total. The molecular weight excluding hydrogens is 360 g/mol. The Hall–Kier alpha value is -2.57. The average Bonchev–Trinajstić information content (AvgIpc) is 2.75. The summed E-state index contributed by atoms with van der Waals surface area (Å²) in [6.45, 7) is 0.191. The zero-order chi connectivity index (χ0) is 19.9. The van der Waals surface area contributed by atoms with Crippen LogP contribution in [0.1, 0.15) is 48.9 Å². The lowest BCUT2D eigenvalue weighted by Gasteiger charge is -2.44. The van der Waals surface area contributed by atoms with Crippen molar-refractivity contribution in [2.45, 2.75) is 44.6 Å². The lowest BCUT2D eigenvalue weighted by molar-refractivity contribution is -0.154. The topological polar surface area (TPSA) is 84.9 Å². The highest BCUT2D eigenvalue weighted by atomic mass is 16.5. The second kappa shape index (κ2) is 9.57. The molecule has 1 aliphatic heterocycles. The third-order valence-corrected chi connectivity index (χ3v) is 5.65. The summed E-state index contributed by atoms with van der Waals surface area (Å²) in [6, 6.07) is 6.93. The van der Waals surface area contributed by atoms with Gasteiger partial charge >= 0.3 is 5.97 Å². The van der Waals surface area contributed by atoms with E-state index in [0.717, 1.165) is 25.8 Å². The zero-order valence-corrected chi connectivity index (χ0v) is 16.3. The second-order valence-electron chi connectivity index (χ2n) is 7.42. The highest BCUT2D eigenvalue weighted by molar-refractivity contribution is 5.96. The molecule has 1 aromatic rings. The van der Waals surface area contributed by atoms with E-state index in [0.29, 0.717) is 23.3 Å². The summed E-state index contributed by atoms with van der Waals surface area (Å²) in [5.74, 6) is -0.0122. The minimum atomic E-state index is -0.623. The van der Waals surface area contributed by atoms with Gasteiger partial charge in [-0.05, 0) is 49.8 Å². The van der Waals surface area contributed by atoms with Gasteiger partial charge in [0.15, 0.2) is 6.61 Å². The first kappa shape index (κ1) is 20.2. The number of piperidine rings is 1. The number of nitrogens with zero attached hydrogens (tertiary/aromatic N) is 1. The standard InChI is InChI=1S/C21H28N2O5/c1-27-17-9-4-7-16(12-17)21(26)22-13-20(25)28-14-19(24)23-11-5-8-15-6-2-3-10-18(15)23/h4,7,9,12,15,18H,2-3,5-6,8,10-11,13-14H2,1H3,(H,22,26)/t15-,18+/m0/s1. The van der Waals surface area contributed by atoms with E-state index in [4.69, 9.17) is 9.47 Å². The number of ether oxygens (including phenoxy) is 2. The fourth-order valence-electron chi connectivity index (χ4n) is 4.23. The summed E-state index contributed by atoms with van der Waals surface area (Å²) in [5.41, 5.74) is 0.389. The summed E-state index contributed by atoms with van der Waals surface area (Å²) in [6.07, 6.45) is 6.82. The number of hydrogen-bond donors (Lipinski definition) is 1. The van der Waals surface area contributed by atoms with Gasteiger partial charge in [-0.25, -0.2) is 0 Å². The summed E-state index contributed by atoms with van der Waals surface area (Å²) in [4.78, 5) is 38.5. The van der Waals surface area contributed by atoms with Gasteiger partial charge in [0, 0.05) is 18.2 Å². The Morgan fingerprint density at radius 1 is 1.14 bits per heavy atom. The minimum Gasteiger partial charge on any atom is -0.497 e. The second-order valence-corrected chi connectivity index (χ2v) is 7.42. The van der Waals surface area contributed by atoms with E-state index in [1.807, 2.05) is 4.90 Å². The third kappa shape index (κ3) is 5.03. The fraction of sp³-hybridized carbons (Fsp3) is 0.571. The smallest absolute Gasteiger partial charge is 0.325 e. The van der Waals surface area contributed by atoms with Gasteiger partial charge in [0.1, 0.15) is 12.3 Å². The van der Waals surface area contributed by atoms with E-state index in [1.54, 1.807) is 24.3 Å². The van der Waals surface area contributed by atoms with Crippen LogP contribution in [-0.4, -0.2) is 55.5 Å². The van der Waals surface area contributed by atoms with Crippen molar-refractivity contribution >= 4 is 17.8 Å². The molecule has 1 aromatic carbocycles. The highest BCUT2D eigenvalue weighted by Gasteiger charge is 2.35. The van der Waals surface area contributed by atoms with Crippen molar-refractivity contribution < 1.29 is 23.9 Å². The summed E-state index contributed by atoms with van der Waals surface area (Å²) in [5, 5.41) is 2.50. The summed E-state index contributed by atoms with van der Waals surface area (Å²) < 4.78 is 10.2. The average molecular weight is 388 g/mol. The largest absolute Gasteiger partial charge is 0.497 e. The van der Waals surface area contributed by atoms with Crippen molar-refractivity contribution in [3.63, 3.8) is 0 Å². The van der Waals surface area contributed by atoms with Crippen molar-refractivity contribution in [2.75, 3.05) is 26.8 Å². The molecule has 0 bridgehead atoms. The number of carbonyl (C=O) groups excluding carboxylic acids is 3. The van der Waals surface area contributed by atoms with Crippen LogP contribution >= 0.6 is 0 Å². The summed E-state index contributed by atoms with van der Waals surface area (Å²) in [7, 11) is 1.52. The van der Waals surface area contributed by atoms with Crippen LogP contribution in [-0.2, 0) is 14.3 Å². The van der Waals surface area contributed by atoms with Gasteiger partial charge in [-0.15, -0.1) is 0 Å². The number of nitrogens with one attached hydrogen (secondary N) is 1. The predicted octanol–water partition coefficient (Wildman–Crippen LogP) is 2.15. The van der Waals surface area contributed by atoms with E-state index in [9.17, 15) is 14.4 Å². The van der Waals surface area contributed by atoms with Crippen molar-refractivity contribution in [1.82, 2.24) is 10.2 Å². The maximum Gasteiger partial charge on any atom is 0.325 e. The highest BCUT2D eigenvalue weighted by Crippen LogP contribution is 2.35. The van der Waals surface area contributed by atoms with Crippen LogP contribution in [0.4, 0.5) is 0 Å². The molecule has 0 unspecified atom stereocenters. The molecule has 1 aliphatic carbocycles. The Morgan fingerprint density at radius 3 is 2.75 bits per heavy atom. The number of methoxy groups -OCH3 is 1. The molecule has 1 heterocycles. The van der Waals surface area contributed by atoms with Gasteiger partial charge in [-0.2, -0.15) is 0 Å². The number of esters is 1. The first-order chi connectivity index (χ1) is 13.6. The first-order valence-corrected chi connectivity index (χ1v) is 9.96. The Balaban J connectivity index is 1.43. The molecule has 3 rings (SSSR count). The Labute approximate surface area is 165 Å². The number of likely N-dealkylation sites (tertiary alicyclic amines) is 1. The lowest BCUT2D eigenvalue weighted by atomic mass is 9.78. The van der Waals surface area contributed by atoms with Crippen LogP contribution in [0.3, 0.4) is 0 Å². The van der Waals surface area contributed by atoms with E-state index >= 15 is 0 Å². The van der Waals surface area contributed by atoms with Gasteiger partial charge in [-0.3, -0.25) is 14.4 Å². The van der Waals surface area contributed by atoms with Gasteiger partial charge in [0.05, 0.1) is 7.11 Å². The number of hydrogen-bond acceptors (Lipinski definition) is 5. The number of benzene rings is 1. The van der Waals surface area contributed by atoms with Gasteiger partial charge in [0.2, 0.25) is 0 Å². The Morgan fingerprint density at radius 2 is 1.93 bits per heavy atom. The monoisotopic (exact) mass is 388 g/mol. The van der Waals surface area contributed by atoms with Crippen molar-refractivity contribution in [3.8, 4) is 5.75 Å². The van der Waals surface area contributed by atoms with Gasteiger partial charge < -0.3 is 19.7 Å². The van der Waals surface area contributed by atoms with Crippen molar-refractivity contribution in [1.29, 1.82) is 0 Å². The Kier molecular flexibility index (Phi) is 6.90. The molecule has 1 saturated carbocycles. The molecule has 2 aliphatic rings. The quantitative estimate of drug-likeness (QED) is 0.755. The lowest BCUT2D eigenvalue weighted by Crippen LogP contribution is -2.51. The van der Waals surface area contributed by atoms with E-state index < -0.39 is 11.9 Å². The normalized spacial score (nSPS) is 21.4. The predicted molar refractivity (Wildman–Crippen MR) is 103 cm³/mol. The van der Waals surface area contributed by atoms with Crippen molar-refractivity contribution in [2.24, 2.45) is 5.92 Å². The maximum atomic E-state index is 12.5. The molecule has 2 amide bonds. The van der Waals surface area contributed by atoms with Crippen LogP contribution < -0.4 is 10.1 Å². The van der Waals surface area contributed by atoms with Gasteiger partial charge in [0.25, 0.3) is 11.8 Å². The Bertz CT molecular complexity index is 719. The molecular formula is C21H28N2O5. The SMILES string of the molecule is COc1cccc(C(=O)NCC(=O)OCC(=O)N2CCC[C@@H]3CCCC[C@H]32)c1. The molecule has 28 heavy (non-hydrogen) atoms. The maximum absolute atomic E-state index is 12.5. The molecule has 7 nitrogen and oxygen atoms in total. The third-order valence-electron chi connectivity index (χ3n) is 5.65. The molecule has 1 saturated heterocycles. The first-order valence-electron chi connectivity index (χ1n) is 9.96. The molecule has 152 valence electrons. The van der Waals surface area contributed by atoms with E-state index in [2.05, 4.69) is 5.32 Å². The molecule has 0 aromatic heterocycles. The molecule has 0 radical (unpaired) electrons. The molecule has 2 fully saturated rings. The van der Waals surface area contributed by atoms with Crippen LogP contribution in [0.2, 0.25) is 0 Å². The minimum absolute atomic E-state index is 0.135. The van der Waals surface area contributed by atoms with E-state index in [-0.39, 0.29) is 19.1 Å². The molecule has 0 spiro atoms. The fourth-order valence-corrected chi connectivity index (χ4v) is 4.23. The van der Waals surface area contributed by atoms with Crippen molar-refractivity contribution in [3.05, 3.63) is 29.8 Å². The van der Waals surface area contributed by atoms with Crippen LogP contribution in [0.25, 0.3) is 0 Å². The number of rotatable bonds is 6. The number of fused-ring (bicyclic) bond motifs is 1. The molecule has 7 heteroatoms. The number of carbonyl (C=O) groups is 3. The van der Waals surface area contributed by atoms with Gasteiger partial charge in [-0.1, -0.05) is 18.9 Å².